The molecule has 1 fully saturated rings. The maximum absolute atomic E-state index is 12.4. The topological polar surface area (TPSA) is 82.5 Å². The Balaban J connectivity index is 1.67. The molecule has 132 valence electrons. The van der Waals surface area contributed by atoms with E-state index in [1.807, 2.05) is 43.6 Å². The molecule has 0 radical (unpaired) electrons. The highest BCUT2D eigenvalue weighted by Crippen LogP contribution is 2.28. The van der Waals surface area contributed by atoms with Crippen LogP contribution in [0.2, 0.25) is 0 Å². The molecule has 0 aliphatic carbocycles. The van der Waals surface area contributed by atoms with Gasteiger partial charge >= 0.3 is 0 Å². The number of likely N-dealkylation sites (tertiary alicyclic amines) is 1. The molecular formula is C18H21N3O3S. The maximum Gasteiger partial charge on any atom is 0.243 e. The molecule has 2 N–H and O–H groups in total. The van der Waals surface area contributed by atoms with Crippen LogP contribution < -0.4 is 5.32 Å². The molecule has 1 aliphatic heterocycles. The Morgan fingerprint density at radius 3 is 2.76 bits per heavy atom. The van der Waals surface area contributed by atoms with Crippen molar-refractivity contribution in [2.75, 3.05) is 6.54 Å². The highest BCUT2D eigenvalue weighted by molar-refractivity contribution is 7.13. The Hall–Kier alpha value is -2.25. The van der Waals surface area contributed by atoms with Crippen molar-refractivity contribution in [1.29, 1.82) is 0 Å². The van der Waals surface area contributed by atoms with Gasteiger partial charge < -0.3 is 15.3 Å². The number of β-amino-alcohol motifs (C(OH)–C–C–N with tert-alkyl or cyclic N) is 1. The normalized spacial score (nSPS) is 21.2. The second-order valence-corrected chi connectivity index (χ2v) is 7.18. The fraction of sp³-hybridized carbons (Fsp3) is 0.389. The van der Waals surface area contributed by atoms with E-state index in [9.17, 15) is 14.7 Å². The number of carbonyl (C=O) groups is 2. The fourth-order valence-electron chi connectivity index (χ4n) is 3.11. The molecule has 1 aromatic heterocycles. The van der Waals surface area contributed by atoms with Crippen molar-refractivity contribution in [1.82, 2.24) is 15.2 Å². The molecule has 2 amide bonds. The highest BCUT2D eigenvalue weighted by Gasteiger charge is 2.35. The van der Waals surface area contributed by atoms with E-state index >= 15 is 0 Å². The Morgan fingerprint density at radius 1 is 1.44 bits per heavy atom. The first-order valence-electron chi connectivity index (χ1n) is 8.19. The lowest BCUT2D eigenvalue weighted by atomic mass is 10.0. The Bertz CT molecular complexity index is 759. The number of hydrogen-bond donors (Lipinski definition) is 2. The molecule has 0 spiro atoms. The van der Waals surface area contributed by atoms with Gasteiger partial charge in [-0.1, -0.05) is 24.3 Å². The van der Waals surface area contributed by atoms with E-state index in [2.05, 4.69) is 10.3 Å². The number of amides is 2. The summed E-state index contributed by atoms with van der Waals surface area (Å²) in [5.74, 6) is -0.237. The van der Waals surface area contributed by atoms with Crippen LogP contribution in [0.15, 0.2) is 29.8 Å². The number of benzene rings is 1. The molecule has 3 rings (SSSR count). The summed E-state index contributed by atoms with van der Waals surface area (Å²) in [4.78, 5) is 30.2. The van der Waals surface area contributed by atoms with Gasteiger partial charge in [0.05, 0.1) is 28.2 Å². The van der Waals surface area contributed by atoms with Crippen molar-refractivity contribution in [2.24, 2.45) is 0 Å². The van der Waals surface area contributed by atoms with E-state index in [-0.39, 0.29) is 24.9 Å². The molecule has 3 atom stereocenters. The van der Waals surface area contributed by atoms with Crippen LogP contribution in [0.25, 0.3) is 10.4 Å². The number of hydrogen-bond acceptors (Lipinski definition) is 5. The summed E-state index contributed by atoms with van der Waals surface area (Å²) >= 11 is 1.60. The third-order valence-corrected chi connectivity index (χ3v) is 5.51. The van der Waals surface area contributed by atoms with E-state index in [4.69, 9.17) is 0 Å². The molecule has 0 bridgehead atoms. The van der Waals surface area contributed by atoms with Crippen LogP contribution in [0.3, 0.4) is 0 Å². The first-order chi connectivity index (χ1) is 12.0. The zero-order chi connectivity index (χ0) is 18.0. The first-order valence-corrected chi connectivity index (χ1v) is 9.07. The standard InChI is InChI=1S/C18H21N3O3S/c1-11(20-18(24)16-7-15(23)8-21(16)10-22)13-3-5-14(6-4-13)17-12(2)19-9-25-17/h3-6,9-11,15-16,23H,7-8H2,1-2H3,(H,20,24). The number of nitrogens with one attached hydrogen (secondary N) is 1. The summed E-state index contributed by atoms with van der Waals surface area (Å²) in [5.41, 5.74) is 4.92. The average Bonchev–Trinajstić information content (AvgIpc) is 3.20. The van der Waals surface area contributed by atoms with Crippen LogP contribution in [-0.4, -0.2) is 46.0 Å². The maximum atomic E-state index is 12.4. The molecular weight excluding hydrogens is 338 g/mol. The summed E-state index contributed by atoms with van der Waals surface area (Å²) < 4.78 is 0. The molecule has 2 aromatic rings. The van der Waals surface area contributed by atoms with Crippen molar-refractivity contribution in [3.63, 3.8) is 0 Å². The van der Waals surface area contributed by atoms with E-state index in [1.165, 1.54) is 4.90 Å². The molecule has 1 aliphatic rings. The van der Waals surface area contributed by atoms with Crippen LogP contribution >= 0.6 is 11.3 Å². The fourth-order valence-corrected chi connectivity index (χ4v) is 3.92. The quantitative estimate of drug-likeness (QED) is 0.799. The zero-order valence-electron chi connectivity index (χ0n) is 14.2. The average molecular weight is 359 g/mol. The lowest BCUT2D eigenvalue weighted by molar-refractivity contribution is -0.131. The molecule has 6 nitrogen and oxygen atoms in total. The summed E-state index contributed by atoms with van der Waals surface area (Å²) in [7, 11) is 0. The van der Waals surface area contributed by atoms with Crippen molar-refractivity contribution in [2.45, 2.75) is 38.5 Å². The summed E-state index contributed by atoms with van der Waals surface area (Å²) in [6, 6.07) is 7.23. The zero-order valence-corrected chi connectivity index (χ0v) is 15.0. The van der Waals surface area contributed by atoms with Gasteiger partial charge in [-0.15, -0.1) is 11.3 Å². The monoisotopic (exact) mass is 359 g/mol. The SMILES string of the molecule is Cc1ncsc1-c1ccc(C(C)NC(=O)C2CC(O)CN2C=O)cc1. The predicted octanol–water partition coefficient (Wildman–Crippen LogP) is 1.89. The molecule has 1 aromatic carbocycles. The van der Waals surface area contributed by atoms with Crippen LogP contribution in [-0.2, 0) is 9.59 Å². The number of aliphatic hydroxyl groups excluding tert-OH is 1. The molecule has 25 heavy (non-hydrogen) atoms. The van der Waals surface area contributed by atoms with Crippen LogP contribution in [0.4, 0.5) is 0 Å². The number of thiazole rings is 1. The van der Waals surface area contributed by atoms with Gasteiger partial charge in [0, 0.05) is 13.0 Å². The van der Waals surface area contributed by atoms with Gasteiger partial charge in [-0.2, -0.15) is 0 Å². The van der Waals surface area contributed by atoms with Gasteiger partial charge in [0.2, 0.25) is 12.3 Å². The molecule has 1 saturated heterocycles. The third kappa shape index (κ3) is 3.72. The van der Waals surface area contributed by atoms with Gasteiger partial charge in [0.15, 0.2) is 0 Å². The summed E-state index contributed by atoms with van der Waals surface area (Å²) in [6.07, 6.45) is 0.260. The number of aromatic nitrogens is 1. The minimum atomic E-state index is -0.641. The van der Waals surface area contributed by atoms with E-state index < -0.39 is 12.1 Å². The van der Waals surface area contributed by atoms with E-state index in [0.29, 0.717) is 6.41 Å². The number of nitrogens with zero attached hydrogens (tertiary/aromatic N) is 2. The van der Waals surface area contributed by atoms with Gasteiger partial charge in [-0.3, -0.25) is 9.59 Å². The second kappa shape index (κ2) is 7.33. The first kappa shape index (κ1) is 17.6. The van der Waals surface area contributed by atoms with Crippen LogP contribution in [0.1, 0.15) is 30.6 Å². The second-order valence-electron chi connectivity index (χ2n) is 6.33. The Kier molecular flexibility index (Phi) is 5.15. The lowest BCUT2D eigenvalue weighted by Crippen LogP contribution is -2.43. The third-order valence-electron chi connectivity index (χ3n) is 4.53. The van der Waals surface area contributed by atoms with Gasteiger partial charge in [-0.25, -0.2) is 4.98 Å². The summed E-state index contributed by atoms with van der Waals surface area (Å²) in [6.45, 7) is 4.09. The largest absolute Gasteiger partial charge is 0.391 e. The minimum Gasteiger partial charge on any atom is -0.391 e. The van der Waals surface area contributed by atoms with Crippen molar-refractivity contribution in [3.05, 3.63) is 41.0 Å². The van der Waals surface area contributed by atoms with E-state index in [0.717, 1.165) is 21.7 Å². The van der Waals surface area contributed by atoms with Crippen LogP contribution in [0, 0.1) is 6.92 Å². The molecule has 0 saturated carbocycles. The minimum absolute atomic E-state index is 0.185. The molecule has 2 heterocycles. The lowest BCUT2D eigenvalue weighted by Gasteiger charge is -2.22. The number of carbonyl (C=O) groups excluding carboxylic acids is 2. The molecule has 3 unspecified atom stereocenters. The highest BCUT2D eigenvalue weighted by atomic mass is 32.1. The van der Waals surface area contributed by atoms with Crippen molar-refractivity contribution >= 4 is 23.7 Å². The Morgan fingerprint density at radius 2 is 2.16 bits per heavy atom. The number of rotatable bonds is 5. The summed E-state index contributed by atoms with van der Waals surface area (Å²) in [5, 5.41) is 12.6. The number of aliphatic hydroxyl groups is 1. The van der Waals surface area contributed by atoms with Crippen LogP contribution in [0.5, 0.6) is 0 Å². The van der Waals surface area contributed by atoms with Crippen molar-refractivity contribution in [3.8, 4) is 10.4 Å². The van der Waals surface area contributed by atoms with Gasteiger partial charge in [0.1, 0.15) is 6.04 Å². The Labute approximate surface area is 150 Å². The number of aryl methyl sites for hydroxylation is 1. The van der Waals surface area contributed by atoms with Crippen molar-refractivity contribution < 1.29 is 14.7 Å². The van der Waals surface area contributed by atoms with Gasteiger partial charge in [-0.05, 0) is 25.0 Å². The smallest absolute Gasteiger partial charge is 0.243 e. The molecule has 7 heteroatoms. The van der Waals surface area contributed by atoms with E-state index in [1.54, 1.807) is 11.3 Å². The predicted molar refractivity (Wildman–Crippen MR) is 96.0 cm³/mol. The van der Waals surface area contributed by atoms with Gasteiger partial charge in [0.25, 0.3) is 0 Å².